The van der Waals surface area contributed by atoms with Crippen LogP contribution in [-0.4, -0.2) is 39.6 Å². The fraction of sp³-hybridized carbons (Fsp3) is 0.500. The van der Waals surface area contributed by atoms with Crippen molar-refractivity contribution in [2.24, 2.45) is 7.05 Å². The van der Waals surface area contributed by atoms with Gasteiger partial charge in [0, 0.05) is 26.6 Å². The topological polar surface area (TPSA) is 64.4 Å². The number of imidazole rings is 1. The summed E-state index contributed by atoms with van der Waals surface area (Å²) >= 11 is 1.18. The summed E-state index contributed by atoms with van der Waals surface area (Å²) in [5.41, 5.74) is 0. The Labute approximate surface area is 86.1 Å². The molecule has 0 saturated carbocycles. The van der Waals surface area contributed by atoms with E-state index < -0.39 is 11.2 Å². The van der Waals surface area contributed by atoms with Crippen LogP contribution in [0.1, 0.15) is 0 Å². The maximum Gasteiger partial charge on any atom is 0.319 e. The molecule has 0 aliphatic carbocycles. The monoisotopic (exact) mass is 216 g/mol. The van der Waals surface area contributed by atoms with Crippen molar-refractivity contribution in [1.82, 2.24) is 9.55 Å². The number of aryl methyl sites for hydroxylation is 1. The molecule has 1 unspecified atom stereocenters. The van der Waals surface area contributed by atoms with Crippen LogP contribution in [-0.2, 0) is 16.6 Å². The van der Waals surface area contributed by atoms with E-state index in [4.69, 9.17) is 9.84 Å². The summed E-state index contributed by atoms with van der Waals surface area (Å²) in [5, 5.41) is 8.92. The summed E-state index contributed by atoms with van der Waals surface area (Å²) in [6.45, 7) is 0.173. The Balaban J connectivity index is 2.64. The minimum atomic E-state index is -0.889. The Kier molecular flexibility index (Phi) is 3.97. The smallest absolute Gasteiger partial charge is 0.319 e. The summed E-state index contributed by atoms with van der Waals surface area (Å²) < 4.78 is 6.59. The summed E-state index contributed by atoms with van der Waals surface area (Å²) in [4.78, 5) is 14.8. The van der Waals surface area contributed by atoms with Crippen LogP contribution in [0.25, 0.3) is 0 Å². The Morgan fingerprint density at radius 1 is 1.86 bits per heavy atom. The van der Waals surface area contributed by atoms with Crippen molar-refractivity contribution in [3.05, 3.63) is 12.4 Å². The summed E-state index contributed by atoms with van der Waals surface area (Å²) in [6.07, 6.45) is 3.40. The van der Waals surface area contributed by atoms with Crippen LogP contribution >= 0.6 is 11.8 Å². The summed E-state index contributed by atoms with van der Waals surface area (Å²) in [5.74, 6) is -0.889. The predicted molar refractivity (Wildman–Crippen MR) is 52.4 cm³/mol. The highest BCUT2D eigenvalue weighted by atomic mass is 32.2. The lowest BCUT2D eigenvalue weighted by atomic mass is 10.5. The van der Waals surface area contributed by atoms with Gasteiger partial charge in [-0.2, -0.15) is 0 Å². The van der Waals surface area contributed by atoms with Gasteiger partial charge in [0.05, 0.1) is 6.61 Å². The van der Waals surface area contributed by atoms with Crippen molar-refractivity contribution in [1.29, 1.82) is 0 Å². The molecule has 0 fully saturated rings. The number of hydrogen-bond donors (Lipinski definition) is 1. The van der Waals surface area contributed by atoms with Gasteiger partial charge in [-0.3, -0.25) is 4.79 Å². The molecule has 1 N–H and O–H groups in total. The van der Waals surface area contributed by atoms with E-state index in [0.29, 0.717) is 5.16 Å². The second-order valence-corrected chi connectivity index (χ2v) is 3.89. The van der Waals surface area contributed by atoms with E-state index >= 15 is 0 Å². The number of rotatable bonds is 5. The number of hydrogen-bond acceptors (Lipinski definition) is 4. The van der Waals surface area contributed by atoms with Crippen LogP contribution < -0.4 is 0 Å². The van der Waals surface area contributed by atoms with Crippen molar-refractivity contribution in [2.75, 3.05) is 13.7 Å². The molecule has 0 bridgehead atoms. The molecule has 14 heavy (non-hydrogen) atoms. The Morgan fingerprint density at radius 2 is 2.57 bits per heavy atom. The zero-order chi connectivity index (χ0) is 10.6. The van der Waals surface area contributed by atoms with Crippen LogP contribution in [0.4, 0.5) is 0 Å². The van der Waals surface area contributed by atoms with E-state index in [2.05, 4.69) is 4.98 Å². The maximum absolute atomic E-state index is 10.8. The SMILES string of the molecule is COCC(Sc1nccn1C)C(=O)O. The second kappa shape index (κ2) is 5.02. The van der Waals surface area contributed by atoms with Gasteiger partial charge in [0.25, 0.3) is 0 Å². The number of methoxy groups -OCH3 is 1. The number of carboxylic acid groups (broad SMARTS) is 1. The van der Waals surface area contributed by atoms with Crippen LogP contribution in [0.5, 0.6) is 0 Å². The van der Waals surface area contributed by atoms with Crippen LogP contribution in [0.2, 0.25) is 0 Å². The molecule has 0 radical (unpaired) electrons. The number of carbonyl (C=O) groups is 1. The van der Waals surface area contributed by atoms with Crippen LogP contribution in [0.3, 0.4) is 0 Å². The molecular weight excluding hydrogens is 204 g/mol. The molecule has 0 aliphatic heterocycles. The van der Waals surface area contributed by atoms with Gasteiger partial charge in [0.2, 0.25) is 0 Å². The Bertz CT molecular complexity index is 313. The first-order valence-corrected chi connectivity index (χ1v) is 4.89. The molecule has 1 aromatic heterocycles. The predicted octanol–water partition coefficient (Wildman–Crippen LogP) is 0.612. The second-order valence-electron chi connectivity index (χ2n) is 2.72. The molecule has 0 saturated heterocycles. The number of aliphatic carboxylic acids is 1. The van der Waals surface area contributed by atoms with Gasteiger partial charge in [-0.25, -0.2) is 4.98 Å². The van der Waals surface area contributed by atoms with E-state index in [1.807, 2.05) is 7.05 Å². The van der Waals surface area contributed by atoms with Gasteiger partial charge in [0.1, 0.15) is 5.25 Å². The van der Waals surface area contributed by atoms with Crippen molar-refractivity contribution in [3.8, 4) is 0 Å². The van der Waals surface area contributed by atoms with Gasteiger partial charge in [-0.05, 0) is 0 Å². The number of carboxylic acids is 1. The van der Waals surface area contributed by atoms with Gasteiger partial charge in [0.15, 0.2) is 5.16 Å². The lowest BCUT2D eigenvalue weighted by Gasteiger charge is -2.09. The van der Waals surface area contributed by atoms with E-state index in [1.54, 1.807) is 17.0 Å². The standard InChI is InChI=1S/C8H12N2O3S/c1-10-4-3-9-8(10)14-6(5-13-2)7(11)12/h3-4,6H,5H2,1-2H3,(H,11,12). The van der Waals surface area contributed by atoms with E-state index in [-0.39, 0.29) is 6.61 Å². The van der Waals surface area contributed by atoms with Crippen molar-refractivity contribution in [2.45, 2.75) is 10.4 Å². The zero-order valence-electron chi connectivity index (χ0n) is 8.01. The molecule has 0 aromatic carbocycles. The molecule has 0 spiro atoms. The molecule has 1 atom stereocenters. The first-order valence-electron chi connectivity index (χ1n) is 4.01. The Morgan fingerprint density at radius 3 is 3.00 bits per heavy atom. The number of ether oxygens (including phenoxy) is 1. The Hall–Kier alpha value is -1.01. The fourth-order valence-corrected chi connectivity index (χ4v) is 1.81. The molecule has 5 nitrogen and oxygen atoms in total. The van der Waals surface area contributed by atoms with Gasteiger partial charge in [-0.1, -0.05) is 11.8 Å². The van der Waals surface area contributed by atoms with E-state index in [0.717, 1.165) is 0 Å². The molecule has 0 amide bonds. The van der Waals surface area contributed by atoms with Crippen molar-refractivity contribution < 1.29 is 14.6 Å². The molecule has 1 heterocycles. The van der Waals surface area contributed by atoms with Crippen molar-refractivity contribution >= 4 is 17.7 Å². The molecule has 0 aliphatic rings. The third-order valence-electron chi connectivity index (χ3n) is 1.62. The van der Waals surface area contributed by atoms with E-state index in [1.165, 1.54) is 18.9 Å². The average Bonchev–Trinajstić information content (AvgIpc) is 2.51. The maximum atomic E-state index is 10.8. The first-order chi connectivity index (χ1) is 6.65. The number of nitrogens with zero attached hydrogens (tertiary/aromatic N) is 2. The summed E-state index contributed by atoms with van der Waals surface area (Å²) in [7, 11) is 3.30. The lowest BCUT2D eigenvalue weighted by molar-refractivity contribution is -0.137. The minimum absolute atomic E-state index is 0.173. The highest BCUT2D eigenvalue weighted by molar-refractivity contribution is 8.00. The normalized spacial score (nSPS) is 12.7. The number of thioether (sulfide) groups is 1. The average molecular weight is 216 g/mol. The molecule has 1 rings (SSSR count). The van der Waals surface area contributed by atoms with Crippen molar-refractivity contribution in [3.63, 3.8) is 0 Å². The van der Waals surface area contributed by atoms with Crippen LogP contribution in [0, 0.1) is 0 Å². The van der Waals surface area contributed by atoms with Crippen LogP contribution in [0.15, 0.2) is 17.6 Å². The fourth-order valence-electron chi connectivity index (χ4n) is 0.900. The highest BCUT2D eigenvalue weighted by Crippen LogP contribution is 2.21. The largest absolute Gasteiger partial charge is 0.480 e. The molecule has 1 aromatic rings. The quantitative estimate of drug-likeness (QED) is 0.731. The molecular formula is C8H12N2O3S. The first kappa shape index (κ1) is 11.1. The van der Waals surface area contributed by atoms with Gasteiger partial charge < -0.3 is 14.4 Å². The van der Waals surface area contributed by atoms with Gasteiger partial charge in [-0.15, -0.1) is 0 Å². The van der Waals surface area contributed by atoms with Gasteiger partial charge >= 0.3 is 5.97 Å². The third kappa shape index (κ3) is 2.74. The number of aromatic nitrogens is 2. The zero-order valence-corrected chi connectivity index (χ0v) is 8.82. The minimum Gasteiger partial charge on any atom is -0.480 e. The summed E-state index contributed by atoms with van der Waals surface area (Å²) in [6, 6.07) is 0. The lowest BCUT2D eigenvalue weighted by Crippen LogP contribution is -2.22. The third-order valence-corrected chi connectivity index (χ3v) is 2.84. The highest BCUT2D eigenvalue weighted by Gasteiger charge is 2.20. The van der Waals surface area contributed by atoms with E-state index in [9.17, 15) is 4.79 Å². The molecule has 6 heteroatoms. The molecule has 78 valence electrons.